The molecule has 2 rings (SSSR count). The topological polar surface area (TPSA) is 20.3 Å². The van der Waals surface area contributed by atoms with Crippen molar-refractivity contribution in [1.82, 2.24) is 4.90 Å². The number of hydrogen-bond acceptors (Lipinski definition) is 2. The fraction of sp³-hybridized carbons (Fsp3) is 0.214. The van der Waals surface area contributed by atoms with Crippen molar-refractivity contribution >= 4 is 33.2 Å². The summed E-state index contributed by atoms with van der Waals surface area (Å²) in [5, 5.41) is 1.92. The van der Waals surface area contributed by atoms with Crippen molar-refractivity contribution in [1.29, 1.82) is 0 Å². The highest BCUT2D eigenvalue weighted by atomic mass is 79.9. The molecule has 0 aliphatic carbocycles. The lowest BCUT2D eigenvalue weighted by molar-refractivity contribution is 0.0800. The molecule has 0 N–H and O–H groups in total. The van der Waals surface area contributed by atoms with Crippen LogP contribution in [0.4, 0.5) is 0 Å². The van der Waals surface area contributed by atoms with Crippen molar-refractivity contribution in [2.75, 3.05) is 13.6 Å². The minimum atomic E-state index is 0.0767. The average molecular weight is 324 g/mol. The number of benzene rings is 1. The van der Waals surface area contributed by atoms with E-state index in [0.29, 0.717) is 0 Å². The van der Waals surface area contributed by atoms with E-state index in [-0.39, 0.29) is 5.91 Å². The minimum Gasteiger partial charge on any atom is -0.341 e. The highest BCUT2D eigenvalue weighted by molar-refractivity contribution is 9.10. The zero-order chi connectivity index (χ0) is 13.0. The predicted molar refractivity (Wildman–Crippen MR) is 79.1 cm³/mol. The van der Waals surface area contributed by atoms with Crippen LogP contribution in [0.5, 0.6) is 0 Å². The van der Waals surface area contributed by atoms with Gasteiger partial charge in [0.05, 0.1) is 0 Å². The van der Waals surface area contributed by atoms with Crippen LogP contribution in [0, 0.1) is 0 Å². The third-order valence-corrected chi connectivity index (χ3v) is 4.56. The summed E-state index contributed by atoms with van der Waals surface area (Å²) < 4.78 is 0.879. The van der Waals surface area contributed by atoms with Gasteiger partial charge < -0.3 is 4.90 Å². The second kappa shape index (κ2) is 6.16. The number of rotatable bonds is 4. The molecule has 0 fully saturated rings. The first-order valence-corrected chi connectivity index (χ1v) is 7.38. The maximum absolute atomic E-state index is 12.2. The van der Waals surface area contributed by atoms with E-state index in [1.165, 1.54) is 16.9 Å². The highest BCUT2D eigenvalue weighted by Crippen LogP contribution is 2.23. The first-order chi connectivity index (χ1) is 8.68. The van der Waals surface area contributed by atoms with Gasteiger partial charge in [0.25, 0.3) is 5.91 Å². The third kappa shape index (κ3) is 3.21. The second-order valence-electron chi connectivity index (χ2n) is 4.06. The number of likely N-dealkylation sites (N-methyl/N-ethyl adjacent to an activating group) is 1. The van der Waals surface area contributed by atoms with Crippen LogP contribution in [0.3, 0.4) is 0 Å². The Morgan fingerprint density at radius 2 is 2.00 bits per heavy atom. The summed E-state index contributed by atoms with van der Waals surface area (Å²) in [5.74, 6) is 0.0767. The molecule has 1 aromatic carbocycles. The summed E-state index contributed by atoms with van der Waals surface area (Å²) >= 11 is 4.86. The van der Waals surface area contributed by atoms with Gasteiger partial charge in [-0.2, -0.15) is 0 Å². The molecule has 0 atom stereocenters. The number of amides is 1. The number of carbonyl (C=O) groups excluding carboxylic acids is 1. The molecule has 18 heavy (non-hydrogen) atoms. The zero-order valence-corrected chi connectivity index (χ0v) is 12.5. The average Bonchev–Trinajstić information content (AvgIpc) is 2.82. The number of nitrogens with zero attached hydrogens (tertiary/aromatic N) is 1. The predicted octanol–water partition coefficient (Wildman–Crippen LogP) is 3.83. The molecular weight excluding hydrogens is 310 g/mol. The lowest BCUT2D eigenvalue weighted by Crippen LogP contribution is -2.28. The van der Waals surface area contributed by atoms with Crippen LogP contribution >= 0.6 is 27.3 Å². The molecule has 2 nitrogen and oxygen atoms in total. The standard InChI is InChI=1S/C14H14BrNOS/c1-16(9-7-11-5-3-2-4-6-11)14(17)13-12(15)8-10-18-13/h2-6,8,10H,7,9H2,1H3. The highest BCUT2D eigenvalue weighted by Gasteiger charge is 2.15. The van der Waals surface area contributed by atoms with Gasteiger partial charge in [-0.25, -0.2) is 0 Å². The van der Waals surface area contributed by atoms with Gasteiger partial charge in [0.15, 0.2) is 0 Å². The normalized spacial score (nSPS) is 10.3. The number of carbonyl (C=O) groups is 1. The third-order valence-electron chi connectivity index (χ3n) is 2.74. The van der Waals surface area contributed by atoms with Gasteiger partial charge >= 0.3 is 0 Å². The molecule has 0 saturated carbocycles. The molecule has 1 heterocycles. The molecule has 1 aromatic heterocycles. The Labute approximate surface area is 119 Å². The van der Waals surface area contributed by atoms with Crippen LogP contribution < -0.4 is 0 Å². The minimum absolute atomic E-state index is 0.0767. The van der Waals surface area contributed by atoms with E-state index < -0.39 is 0 Å². The summed E-state index contributed by atoms with van der Waals surface area (Å²) in [5.41, 5.74) is 1.25. The molecular formula is C14H14BrNOS. The molecule has 0 aliphatic heterocycles. The van der Waals surface area contributed by atoms with Crippen LogP contribution in [0.25, 0.3) is 0 Å². The SMILES string of the molecule is CN(CCc1ccccc1)C(=O)c1sccc1Br. The lowest BCUT2D eigenvalue weighted by Gasteiger charge is -2.16. The van der Waals surface area contributed by atoms with Gasteiger partial charge in [-0.3, -0.25) is 4.79 Å². The summed E-state index contributed by atoms with van der Waals surface area (Å²) in [6.45, 7) is 0.729. The van der Waals surface area contributed by atoms with Crippen LogP contribution in [0.1, 0.15) is 15.2 Å². The van der Waals surface area contributed by atoms with Gasteiger partial charge in [0.2, 0.25) is 0 Å². The van der Waals surface area contributed by atoms with Gasteiger partial charge in [-0.1, -0.05) is 30.3 Å². The number of thiophene rings is 1. The van der Waals surface area contributed by atoms with Crippen LogP contribution in [0.2, 0.25) is 0 Å². The maximum atomic E-state index is 12.2. The lowest BCUT2D eigenvalue weighted by atomic mass is 10.1. The molecule has 0 saturated heterocycles. The first-order valence-electron chi connectivity index (χ1n) is 5.71. The maximum Gasteiger partial charge on any atom is 0.264 e. The van der Waals surface area contributed by atoms with Gasteiger partial charge in [-0.15, -0.1) is 11.3 Å². The van der Waals surface area contributed by atoms with Crippen molar-refractivity contribution in [3.63, 3.8) is 0 Å². The van der Waals surface area contributed by atoms with Crippen molar-refractivity contribution in [3.8, 4) is 0 Å². The van der Waals surface area contributed by atoms with E-state index in [1.54, 1.807) is 4.90 Å². The van der Waals surface area contributed by atoms with E-state index in [1.807, 2.05) is 36.7 Å². The van der Waals surface area contributed by atoms with Crippen LogP contribution in [0.15, 0.2) is 46.3 Å². The first kappa shape index (κ1) is 13.3. The summed E-state index contributed by atoms with van der Waals surface area (Å²) in [4.78, 5) is 14.7. The smallest absolute Gasteiger partial charge is 0.264 e. The van der Waals surface area contributed by atoms with Gasteiger partial charge in [-0.05, 0) is 39.4 Å². The monoisotopic (exact) mass is 323 g/mol. The van der Waals surface area contributed by atoms with E-state index >= 15 is 0 Å². The van der Waals surface area contributed by atoms with E-state index in [4.69, 9.17) is 0 Å². The Morgan fingerprint density at radius 1 is 1.28 bits per heavy atom. The molecule has 4 heteroatoms. The summed E-state index contributed by atoms with van der Waals surface area (Å²) in [6, 6.07) is 12.1. The molecule has 94 valence electrons. The molecule has 1 amide bonds. The van der Waals surface area contributed by atoms with Crippen molar-refractivity contribution < 1.29 is 4.79 Å². The molecule has 0 radical (unpaired) electrons. The van der Waals surface area contributed by atoms with Gasteiger partial charge in [0, 0.05) is 18.1 Å². The molecule has 0 aliphatic rings. The quantitative estimate of drug-likeness (QED) is 0.837. The molecule has 0 spiro atoms. The molecule has 0 unspecified atom stereocenters. The van der Waals surface area contributed by atoms with E-state index in [9.17, 15) is 4.79 Å². The Bertz CT molecular complexity index is 524. The fourth-order valence-corrected chi connectivity index (χ4v) is 3.20. The van der Waals surface area contributed by atoms with Crippen molar-refractivity contribution in [2.24, 2.45) is 0 Å². The van der Waals surface area contributed by atoms with Crippen LogP contribution in [-0.4, -0.2) is 24.4 Å². The zero-order valence-electron chi connectivity index (χ0n) is 10.1. The Balaban J connectivity index is 1.95. The van der Waals surface area contributed by atoms with Crippen LogP contribution in [-0.2, 0) is 6.42 Å². The fourth-order valence-electron chi connectivity index (χ4n) is 1.66. The van der Waals surface area contributed by atoms with Crippen molar-refractivity contribution in [3.05, 3.63) is 56.7 Å². The van der Waals surface area contributed by atoms with Crippen molar-refractivity contribution in [2.45, 2.75) is 6.42 Å². The van der Waals surface area contributed by atoms with Gasteiger partial charge in [0.1, 0.15) is 4.88 Å². The largest absolute Gasteiger partial charge is 0.341 e. The Hall–Kier alpha value is -1.13. The Kier molecular flexibility index (Phi) is 4.55. The number of hydrogen-bond donors (Lipinski definition) is 0. The second-order valence-corrected chi connectivity index (χ2v) is 5.83. The number of halogens is 1. The summed E-state index contributed by atoms with van der Waals surface area (Å²) in [6.07, 6.45) is 0.881. The Morgan fingerprint density at radius 3 is 2.61 bits per heavy atom. The van der Waals surface area contributed by atoms with E-state index in [2.05, 4.69) is 28.1 Å². The molecule has 2 aromatic rings. The summed E-state index contributed by atoms with van der Waals surface area (Å²) in [7, 11) is 1.84. The molecule has 0 bridgehead atoms. The van der Waals surface area contributed by atoms with E-state index in [0.717, 1.165) is 22.3 Å².